The van der Waals surface area contributed by atoms with E-state index in [0.29, 0.717) is 14.7 Å². The highest BCUT2D eigenvalue weighted by Gasteiger charge is 2.53. The minimum Gasteiger partial charge on any atom is -0.161 e. The normalized spacial score (nSPS) is 12.8. The van der Waals surface area contributed by atoms with Gasteiger partial charge in [-0.1, -0.05) is 64.6 Å². The van der Waals surface area contributed by atoms with Crippen LogP contribution in [0.5, 0.6) is 0 Å². The largest absolute Gasteiger partial charge is 0.437 e. The van der Waals surface area contributed by atoms with Crippen LogP contribution in [0.4, 0.5) is 13.2 Å². The summed E-state index contributed by atoms with van der Waals surface area (Å²) in [7, 11) is -3.35. The van der Waals surface area contributed by atoms with E-state index in [1.165, 1.54) is 0 Å². The summed E-state index contributed by atoms with van der Waals surface area (Å²) >= 11 is 0. The van der Waals surface area contributed by atoms with E-state index in [4.69, 9.17) is 0 Å². The summed E-state index contributed by atoms with van der Waals surface area (Å²) in [6, 6.07) is 24.6. The van der Waals surface area contributed by atoms with Gasteiger partial charge in [0.2, 0.25) is 0 Å². The van der Waals surface area contributed by atoms with E-state index in [-0.39, 0.29) is 0 Å². The number of hydrogen-bond acceptors (Lipinski definition) is 0. The molecule has 0 N–H and O–H groups in total. The Morgan fingerprint density at radius 2 is 0.739 bits per heavy atom. The minimum absolute atomic E-state index is 0.296. The third kappa shape index (κ3) is 2.63. The lowest BCUT2D eigenvalue weighted by Gasteiger charge is -2.42. The molecule has 118 valence electrons. The van der Waals surface area contributed by atoms with Gasteiger partial charge in [0.1, 0.15) is 0 Å². The molecule has 0 bridgehead atoms. The first-order valence-corrected chi connectivity index (χ1v) is 8.75. The van der Waals surface area contributed by atoms with Gasteiger partial charge < -0.3 is 0 Å². The van der Waals surface area contributed by atoms with Crippen molar-refractivity contribution in [2.75, 3.05) is 0 Å². The SMILES string of the molecule is FC(F)(F)S(c1ccccc1)(c1ccccc1)c1ccccc1. The maximum Gasteiger partial charge on any atom is 0.437 e. The van der Waals surface area contributed by atoms with E-state index in [1.807, 2.05) is 0 Å². The van der Waals surface area contributed by atoms with E-state index < -0.39 is 15.5 Å². The molecule has 0 radical (unpaired) electrons. The van der Waals surface area contributed by atoms with Crippen LogP contribution >= 0.6 is 10.0 Å². The molecule has 0 aliphatic carbocycles. The van der Waals surface area contributed by atoms with Crippen molar-refractivity contribution in [3.05, 3.63) is 91.0 Å². The highest BCUT2D eigenvalue weighted by molar-refractivity contribution is 8.34. The zero-order chi connectivity index (χ0) is 16.3. The lowest BCUT2D eigenvalue weighted by molar-refractivity contribution is -0.0386. The lowest BCUT2D eigenvalue weighted by Crippen LogP contribution is -2.22. The van der Waals surface area contributed by atoms with Gasteiger partial charge in [-0.25, -0.2) is 0 Å². The van der Waals surface area contributed by atoms with Crippen LogP contribution in [-0.2, 0) is 0 Å². The third-order valence-electron chi connectivity index (χ3n) is 3.64. The minimum atomic E-state index is -4.39. The Balaban J connectivity index is 2.41. The van der Waals surface area contributed by atoms with Crippen molar-refractivity contribution in [2.24, 2.45) is 0 Å². The monoisotopic (exact) mass is 332 g/mol. The molecule has 0 heterocycles. The maximum atomic E-state index is 14.5. The molecule has 0 amide bonds. The van der Waals surface area contributed by atoms with Crippen molar-refractivity contribution in [3.8, 4) is 0 Å². The van der Waals surface area contributed by atoms with Crippen molar-refractivity contribution in [3.63, 3.8) is 0 Å². The van der Waals surface area contributed by atoms with Crippen molar-refractivity contribution in [2.45, 2.75) is 20.2 Å². The molecule has 0 atom stereocenters. The van der Waals surface area contributed by atoms with E-state index in [0.717, 1.165) is 0 Å². The lowest BCUT2D eigenvalue weighted by atomic mass is 10.4. The summed E-state index contributed by atoms with van der Waals surface area (Å²) in [5, 5.41) is 0. The van der Waals surface area contributed by atoms with E-state index in [1.54, 1.807) is 91.0 Å². The Morgan fingerprint density at radius 1 is 0.478 bits per heavy atom. The third-order valence-corrected chi connectivity index (χ3v) is 7.27. The van der Waals surface area contributed by atoms with Gasteiger partial charge in [-0.05, 0) is 36.4 Å². The van der Waals surface area contributed by atoms with E-state index >= 15 is 0 Å². The van der Waals surface area contributed by atoms with Crippen LogP contribution in [0.15, 0.2) is 106 Å². The van der Waals surface area contributed by atoms with Crippen LogP contribution in [0.1, 0.15) is 0 Å². The fourth-order valence-corrected chi connectivity index (χ4v) is 6.00. The summed E-state index contributed by atoms with van der Waals surface area (Å²) in [5.41, 5.74) is -4.39. The number of halogens is 3. The van der Waals surface area contributed by atoms with Crippen molar-refractivity contribution < 1.29 is 13.2 Å². The zero-order valence-electron chi connectivity index (χ0n) is 12.2. The molecule has 23 heavy (non-hydrogen) atoms. The quantitative estimate of drug-likeness (QED) is 0.514. The Bertz CT molecular complexity index is 656. The second-order valence-corrected chi connectivity index (χ2v) is 8.10. The number of benzene rings is 3. The fraction of sp³-hybridized carbons (Fsp3) is 0.0526. The van der Waals surface area contributed by atoms with Crippen LogP contribution in [0.3, 0.4) is 0 Å². The van der Waals surface area contributed by atoms with Crippen molar-refractivity contribution in [1.82, 2.24) is 0 Å². The molecule has 0 aliphatic rings. The second kappa shape index (κ2) is 6.13. The predicted octanol–water partition coefficient (Wildman–Crippen LogP) is 6.49. The summed E-state index contributed by atoms with van der Waals surface area (Å²) < 4.78 is 43.4. The van der Waals surface area contributed by atoms with Crippen molar-refractivity contribution >= 4 is 10.0 Å². The molecule has 4 heteroatoms. The molecule has 3 rings (SSSR count). The highest BCUT2D eigenvalue weighted by atomic mass is 32.3. The van der Waals surface area contributed by atoms with Gasteiger partial charge in [0.05, 0.1) is 0 Å². The Kier molecular flexibility index (Phi) is 4.18. The standard InChI is InChI=1S/C19H15F3S/c20-19(21,22)23(16-10-4-1-5-11-16,17-12-6-2-7-13-17)18-14-8-3-9-15-18/h1-15H. The van der Waals surface area contributed by atoms with Gasteiger partial charge in [-0.2, -0.15) is 13.2 Å². The van der Waals surface area contributed by atoms with Gasteiger partial charge in [-0.15, -0.1) is 0 Å². The fourth-order valence-electron chi connectivity index (χ4n) is 2.68. The van der Waals surface area contributed by atoms with Crippen LogP contribution < -0.4 is 0 Å². The first-order valence-electron chi connectivity index (χ1n) is 7.12. The molecule has 0 unspecified atom stereocenters. The molecule has 0 aliphatic heterocycles. The Morgan fingerprint density at radius 3 is 0.957 bits per heavy atom. The molecule has 0 saturated heterocycles. The average molecular weight is 332 g/mol. The summed E-state index contributed by atoms with van der Waals surface area (Å²) in [6.07, 6.45) is 0. The topological polar surface area (TPSA) is 0 Å². The summed E-state index contributed by atoms with van der Waals surface area (Å²) in [6.45, 7) is 0. The highest BCUT2D eigenvalue weighted by Crippen LogP contribution is 2.77. The first kappa shape index (κ1) is 15.7. The molecule has 3 aromatic rings. The molecular weight excluding hydrogens is 317 g/mol. The maximum absolute atomic E-state index is 14.5. The second-order valence-electron chi connectivity index (χ2n) is 5.00. The first-order chi connectivity index (χ1) is 11.1. The van der Waals surface area contributed by atoms with Crippen molar-refractivity contribution in [1.29, 1.82) is 0 Å². The number of rotatable bonds is 3. The van der Waals surface area contributed by atoms with Gasteiger partial charge in [0.15, 0.2) is 0 Å². The molecule has 0 aromatic heterocycles. The number of hydrogen-bond donors (Lipinski definition) is 0. The molecule has 0 nitrogen and oxygen atoms in total. The van der Waals surface area contributed by atoms with Crippen LogP contribution in [0.25, 0.3) is 0 Å². The molecule has 0 spiro atoms. The smallest absolute Gasteiger partial charge is 0.161 e. The van der Waals surface area contributed by atoms with E-state index in [9.17, 15) is 13.2 Å². The number of alkyl halides is 3. The Hall–Kier alpha value is -2.20. The van der Waals surface area contributed by atoms with Gasteiger partial charge >= 0.3 is 5.51 Å². The molecular formula is C19H15F3S. The average Bonchev–Trinajstić information content (AvgIpc) is 2.57. The molecule has 3 aromatic carbocycles. The predicted molar refractivity (Wildman–Crippen MR) is 87.8 cm³/mol. The van der Waals surface area contributed by atoms with Crippen LogP contribution in [0.2, 0.25) is 0 Å². The van der Waals surface area contributed by atoms with Crippen LogP contribution in [-0.4, -0.2) is 5.51 Å². The summed E-state index contributed by atoms with van der Waals surface area (Å²) in [4.78, 5) is 0.889. The van der Waals surface area contributed by atoms with E-state index in [2.05, 4.69) is 0 Å². The van der Waals surface area contributed by atoms with Crippen LogP contribution in [0, 0.1) is 0 Å². The molecule has 0 saturated carbocycles. The summed E-state index contributed by atoms with van der Waals surface area (Å²) in [5.74, 6) is 0. The zero-order valence-corrected chi connectivity index (χ0v) is 13.0. The molecule has 0 fully saturated rings. The van der Waals surface area contributed by atoms with Gasteiger partial charge in [-0.3, -0.25) is 0 Å². The van der Waals surface area contributed by atoms with Gasteiger partial charge in [0.25, 0.3) is 0 Å². The van der Waals surface area contributed by atoms with Gasteiger partial charge in [0, 0.05) is 14.7 Å². The Labute approximate surface area is 134 Å².